The zero-order chi connectivity index (χ0) is 17.9. The van der Waals surface area contributed by atoms with Crippen LogP contribution in [0.15, 0.2) is 48.5 Å². The lowest BCUT2D eigenvalue weighted by Crippen LogP contribution is -2.46. The number of rotatable bonds is 4. The Bertz CT molecular complexity index is 889. The van der Waals surface area contributed by atoms with E-state index in [1.165, 1.54) is 0 Å². The third-order valence-electron chi connectivity index (χ3n) is 5.02. The van der Waals surface area contributed by atoms with Crippen LogP contribution in [0, 0.1) is 0 Å². The molecule has 134 valence electrons. The van der Waals surface area contributed by atoms with Gasteiger partial charge in [-0.3, -0.25) is 0 Å². The molecule has 26 heavy (non-hydrogen) atoms. The third kappa shape index (κ3) is 3.22. The largest absolute Gasteiger partial charge is 0.497 e. The standard InChI is InChI=1S/C21H24N4O/c1-3-24-11-13-25(14-12-24)21-20(16-7-5-4-6-8-16)22-18-10-9-17(26-2)15-19(18)23-21/h4-10,15H,3,11-14H2,1-2H3. The van der Waals surface area contributed by atoms with Crippen molar-refractivity contribution in [3.05, 3.63) is 48.5 Å². The summed E-state index contributed by atoms with van der Waals surface area (Å²) in [6.07, 6.45) is 0. The highest BCUT2D eigenvalue weighted by atomic mass is 16.5. The third-order valence-corrected chi connectivity index (χ3v) is 5.02. The highest BCUT2D eigenvalue weighted by Crippen LogP contribution is 2.31. The Morgan fingerprint density at radius 3 is 2.38 bits per heavy atom. The molecule has 1 aliphatic rings. The summed E-state index contributed by atoms with van der Waals surface area (Å²) in [5.41, 5.74) is 3.82. The maximum atomic E-state index is 5.36. The number of piperazine rings is 1. The smallest absolute Gasteiger partial charge is 0.156 e. The van der Waals surface area contributed by atoms with Crippen LogP contribution in [0.2, 0.25) is 0 Å². The van der Waals surface area contributed by atoms with E-state index >= 15 is 0 Å². The van der Waals surface area contributed by atoms with Crippen LogP contribution in [0.4, 0.5) is 5.82 Å². The molecule has 2 aromatic carbocycles. The number of nitrogens with zero attached hydrogens (tertiary/aromatic N) is 4. The summed E-state index contributed by atoms with van der Waals surface area (Å²) in [4.78, 5) is 14.8. The van der Waals surface area contributed by atoms with Crippen LogP contribution in [0.5, 0.6) is 5.75 Å². The highest BCUT2D eigenvalue weighted by molar-refractivity contribution is 5.84. The van der Waals surface area contributed by atoms with E-state index in [1.54, 1.807) is 7.11 Å². The average Bonchev–Trinajstić information content (AvgIpc) is 2.73. The molecule has 0 amide bonds. The van der Waals surface area contributed by atoms with Crippen molar-refractivity contribution in [2.75, 3.05) is 44.7 Å². The van der Waals surface area contributed by atoms with Gasteiger partial charge in [0.1, 0.15) is 11.4 Å². The summed E-state index contributed by atoms with van der Waals surface area (Å²) in [5, 5.41) is 0. The molecular formula is C21H24N4O. The molecule has 0 saturated carbocycles. The molecule has 0 N–H and O–H groups in total. The number of ether oxygens (including phenoxy) is 1. The fourth-order valence-electron chi connectivity index (χ4n) is 3.44. The van der Waals surface area contributed by atoms with Crippen molar-refractivity contribution in [1.29, 1.82) is 0 Å². The van der Waals surface area contributed by atoms with Gasteiger partial charge in [-0.15, -0.1) is 0 Å². The molecule has 1 aromatic heterocycles. The van der Waals surface area contributed by atoms with E-state index in [-0.39, 0.29) is 0 Å². The summed E-state index contributed by atoms with van der Waals surface area (Å²) in [6, 6.07) is 16.2. The van der Waals surface area contributed by atoms with Gasteiger partial charge in [-0.2, -0.15) is 0 Å². The molecule has 0 aliphatic carbocycles. The Labute approximate surface area is 154 Å². The zero-order valence-corrected chi connectivity index (χ0v) is 15.4. The second-order valence-corrected chi connectivity index (χ2v) is 6.54. The Balaban J connectivity index is 1.82. The summed E-state index contributed by atoms with van der Waals surface area (Å²) >= 11 is 0. The lowest BCUT2D eigenvalue weighted by atomic mass is 10.1. The molecule has 5 nitrogen and oxygen atoms in total. The zero-order valence-electron chi connectivity index (χ0n) is 15.4. The molecule has 0 bridgehead atoms. The maximum Gasteiger partial charge on any atom is 0.156 e. The molecule has 0 spiro atoms. The molecule has 5 heteroatoms. The van der Waals surface area contributed by atoms with Gasteiger partial charge in [0.15, 0.2) is 5.82 Å². The van der Waals surface area contributed by atoms with Gasteiger partial charge in [0, 0.05) is 37.8 Å². The van der Waals surface area contributed by atoms with Gasteiger partial charge in [-0.05, 0) is 18.7 Å². The van der Waals surface area contributed by atoms with Crippen LogP contribution in [0.25, 0.3) is 22.3 Å². The first-order chi connectivity index (χ1) is 12.8. The number of hydrogen-bond donors (Lipinski definition) is 0. The maximum absolute atomic E-state index is 5.36. The van der Waals surface area contributed by atoms with E-state index in [4.69, 9.17) is 14.7 Å². The normalized spacial score (nSPS) is 15.4. The summed E-state index contributed by atoms with van der Waals surface area (Å²) in [7, 11) is 1.68. The number of aromatic nitrogens is 2. The van der Waals surface area contributed by atoms with Crippen molar-refractivity contribution in [3.8, 4) is 17.0 Å². The Kier molecular flexibility index (Phi) is 4.71. The molecule has 0 unspecified atom stereocenters. The monoisotopic (exact) mass is 348 g/mol. The van der Waals surface area contributed by atoms with Crippen LogP contribution < -0.4 is 9.64 Å². The molecule has 4 rings (SSSR count). The average molecular weight is 348 g/mol. The van der Waals surface area contributed by atoms with Crippen LogP contribution in [-0.2, 0) is 0 Å². The predicted octanol–water partition coefficient (Wildman–Crippen LogP) is 3.45. The predicted molar refractivity (Wildman–Crippen MR) is 106 cm³/mol. The minimum atomic E-state index is 0.806. The first-order valence-electron chi connectivity index (χ1n) is 9.17. The number of anilines is 1. The second kappa shape index (κ2) is 7.30. The van der Waals surface area contributed by atoms with Crippen LogP contribution in [-0.4, -0.2) is 54.7 Å². The lowest BCUT2D eigenvalue weighted by molar-refractivity contribution is 0.270. The van der Waals surface area contributed by atoms with Crippen LogP contribution in [0.1, 0.15) is 6.92 Å². The Hall–Kier alpha value is -2.66. The molecule has 3 aromatic rings. The minimum Gasteiger partial charge on any atom is -0.497 e. The van der Waals surface area contributed by atoms with E-state index in [0.717, 1.165) is 66.6 Å². The molecule has 0 radical (unpaired) electrons. The van der Waals surface area contributed by atoms with Gasteiger partial charge in [0.2, 0.25) is 0 Å². The van der Waals surface area contributed by atoms with Crippen molar-refractivity contribution < 1.29 is 4.74 Å². The van der Waals surface area contributed by atoms with Crippen LogP contribution in [0.3, 0.4) is 0 Å². The fraction of sp³-hybridized carbons (Fsp3) is 0.333. The number of hydrogen-bond acceptors (Lipinski definition) is 5. The molecule has 1 saturated heterocycles. The Morgan fingerprint density at radius 2 is 1.69 bits per heavy atom. The molecule has 2 heterocycles. The van der Waals surface area contributed by atoms with Crippen LogP contribution >= 0.6 is 0 Å². The minimum absolute atomic E-state index is 0.806. The van der Waals surface area contributed by atoms with Gasteiger partial charge < -0.3 is 14.5 Å². The van der Waals surface area contributed by atoms with Gasteiger partial charge >= 0.3 is 0 Å². The summed E-state index contributed by atoms with van der Waals surface area (Å²) < 4.78 is 5.36. The Morgan fingerprint density at radius 1 is 0.923 bits per heavy atom. The van der Waals surface area contributed by atoms with E-state index in [1.807, 2.05) is 36.4 Å². The van der Waals surface area contributed by atoms with Crippen molar-refractivity contribution in [2.24, 2.45) is 0 Å². The van der Waals surface area contributed by atoms with Crippen molar-refractivity contribution >= 4 is 16.9 Å². The topological polar surface area (TPSA) is 41.5 Å². The van der Waals surface area contributed by atoms with E-state index in [9.17, 15) is 0 Å². The van der Waals surface area contributed by atoms with Gasteiger partial charge in [0.05, 0.1) is 18.1 Å². The van der Waals surface area contributed by atoms with Crippen molar-refractivity contribution in [2.45, 2.75) is 6.92 Å². The van der Waals surface area contributed by atoms with Gasteiger partial charge in [-0.1, -0.05) is 37.3 Å². The van der Waals surface area contributed by atoms with Crippen molar-refractivity contribution in [1.82, 2.24) is 14.9 Å². The SMILES string of the molecule is CCN1CCN(c2nc3cc(OC)ccc3nc2-c2ccccc2)CC1. The van der Waals surface area contributed by atoms with Gasteiger partial charge in [0.25, 0.3) is 0 Å². The van der Waals surface area contributed by atoms with E-state index in [2.05, 4.69) is 28.9 Å². The molecule has 1 aliphatic heterocycles. The fourth-order valence-corrected chi connectivity index (χ4v) is 3.44. The molecular weight excluding hydrogens is 324 g/mol. The van der Waals surface area contributed by atoms with E-state index < -0.39 is 0 Å². The molecule has 1 fully saturated rings. The number of methoxy groups -OCH3 is 1. The number of fused-ring (bicyclic) bond motifs is 1. The highest BCUT2D eigenvalue weighted by Gasteiger charge is 2.22. The first kappa shape index (κ1) is 16.8. The second-order valence-electron chi connectivity index (χ2n) is 6.54. The summed E-state index contributed by atoms with van der Waals surface area (Å²) in [5.74, 6) is 1.77. The van der Waals surface area contributed by atoms with Crippen molar-refractivity contribution in [3.63, 3.8) is 0 Å². The molecule has 0 atom stereocenters. The lowest BCUT2D eigenvalue weighted by Gasteiger charge is -2.35. The number of benzene rings is 2. The summed E-state index contributed by atoms with van der Waals surface area (Å²) in [6.45, 7) is 7.37. The quantitative estimate of drug-likeness (QED) is 0.722. The van der Waals surface area contributed by atoms with Gasteiger partial charge in [-0.25, -0.2) is 9.97 Å². The number of likely N-dealkylation sites (N-methyl/N-ethyl adjacent to an activating group) is 1. The van der Waals surface area contributed by atoms with E-state index in [0.29, 0.717) is 0 Å². The first-order valence-corrected chi connectivity index (χ1v) is 9.17.